The van der Waals surface area contributed by atoms with Gasteiger partial charge in [0.05, 0.1) is 20.2 Å². The van der Waals surface area contributed by atoms with Crippen LogP contribution in [0.4, 0.5) is 0 Å². The van der Waals surface area contributed by atoms with Gasteiger partial charge in [0.2, 0.25) is 5.91 Å². The number of nitrogens with one attached hydrogen (secondary N) is 2. The lowest BCUT2D eigenvalue weighted by Crippen LogP contribution is -2.36. The summed E-state index contributed by atoms with van der Waals surface area (Å²) in [4.78, 5) is 21.5. The molecule has 13 heavy (non-hydrogen) atoms. The number of carbonyl (C=O) groups excluding carboxylic acids is 2. The molecule has 0 aliphatic carbocycles. The highest BCUT2D eigenvalue weighted by Crippen LogP contribution is 1.72. The van der Waals surface area contributed by atoms with Crippen molar-refractivity contribution in [3.63, 3.8) is 0 Å². The molecule has 0 aliphatic heterocycles. The van der Waals surface area contributed by atoms with Crippen molar-refractivity contribution in [3.8, 4) is 0 Å². The number of ether oxygens (including phenoxy) is 1. The van der Waals surface area contributed by atoms with Gasteiger partial charge in [-0.15, -0.1) is 0 Å². The van der Waals surface area contributed by atoms with E-state index in [0.717, 1.165) is 6.42 Å². The Balaban J connectivity index is 3.31. The third-order valence-corrected chi connectivity index (χ3v) is 1.35. The maximum atomic E-state index is 10.9. The van der Waals surface area contributed by atoms with Crippen molar-refractivity contribution in [2.75, 3.05) is 26.7 Å². The molecule has 0 spiro atoms. The van der Waals surface area contributed by atoms with Crippen LogP contribution in [0.1, 0.15) is 13.3 Å². The van der Waals surface area contributed by atoms with Crippen LogP contribution in [0.15, 0.2) is 0 Å². The first-order valence-electron chi connectivity index (χ1n) is 4.25. The Morgan fingerprint density at radius 2 is 2.00 bits per heavy atom. The van der Waals surface area contributed by atoms with E-state index in [4.69, 9.17) is 0 Å². The van der Waals surface area contributed by atoms with E-state index in [2.05, 4.69) is 15.4 Å². The molecule has 0 saturated heterocycles. The summed E-state index contributed by atoms with van der Waals surface area (Å²) < 4.78 is 4.38. The lowest BCUT2D eigenvalue weighted by atomic mass is 10.4. The summed E-state index contributed by atoms with van der Waals surface area (Å²) in [6.45, 7) is 2.85. The van der Waals surface area contributed by atoms with Crippen LogP contribution < -0.4 is 10.6 Å². The standard InChI is InChI=1S/C8H16N2O3/c1-3-4-10-7(11)5-9-6-8(12)13-2/h9H,3-6H2,1-2H3,(H,10,11). The minimum Gasteiger partial charge on any atom is -0.468 e. The number of hydrogen-bond acceptors (Lipinski definition) is 4. The maximum absolute atomic E-state index is 10.9. The van der Waals surface area contributed by atoms with E-state index in [1.54, 1.807) is 0 Å². The van der Waals surface area contributed by atoms with Gasteiger partial charge in [0.1, 0.15) is 0 Å². The minimum absolute atomic E-state index is 0.0655. The summed E-state index contributed by atoms with van der Waals surface area (Å²) >= 11 is 0. The van der Waals surface area contributed by atoms with Crippen LogP contribution in [0.3, 0.4) is 0 Å². The molecular formula is C8H16N2O3. The third-order valence-electron chi connectivity index (χ3n) is 1.35. The highest BCUT2D eigenvalue weighted by molar-refractivity contribution is 5.79. The molecule has 0 aliphatic rings. The van der Waals surface area contributed by atoms with Crippen molar-refractivity contribution in [3.05, 3.63) is 0 Å². The van der Waals surface area contributed by atoms with Gasteiger partial charge < -0.3 is 10.1 Å². The van der Waals surface area contributed by atoms with Gasteiger partial charge in [-0.25, -0.2) is 0 Å². The first-order chi connectivity index (χ1) is 6.20. The maximum Gasteiger partial charge on any atom is 0.319 e. The number of carbonyl (C=O) groups is 2. The molecule has 0 rings (SSSR count). The summed E-state index contributed by atoms with van der Waals surface area (Å²) in [5.74, 6) is -0.478. The molecular weight excluding hydrogens is 172 g/mol. The van der Waals surface area contributed by atoms with Crippen LogP contribution in [0, 0.1) is 0 Å². The molecule has 0 saturated carbocycles. The predicted octanol–water partition coefficient (Wildman–Crippen LogP) is -0.725. The van der Waals surface area contributed by atoms with Gasteiger partial charge in [0.25, 0.3) is 0 Å². The van der Waals surface area contributed by atoms with E-state index < -0.39 is 0 Å². The van der Waals surface area contributed by atoms with Gasteiger partial charge in [-0.05, 0) is 6.42 Å². The number of hydrogen-bond donors (Lipinski definition) is 2. The van der Waals surface area contributed by atoms with E-state index in [0.29, 0.717) is 6.54 Å². The Hall–Kier alpha value is -1.10. The fourth-order valence-corrected chi connectivity index (χ4v) is 0.677. The Kier molecular flexibility index (Phi) is 6.91. The number of methoxy groups -OCH3 is 1. The van der Waals surface area contributed by atoms with Crippen molar-refractivity contribution >= 4 is 11.9 Å². The van der Waals surface area contributed by atoms with Crippen LogP contribution in [-0.4, -0.2) is 38.6 Å². The minimum atomic E-state index is -0.372. The largest absolute Gasteiger partial charge is 0.468 e. The van der Waals surface area contributed by atoms with Crippen molar-refractivity contribution in [1.29, 1.82) is 0 Å². The monoisotopic (exact) mass is 188 g/mol. The molecule has 1 amide bonds. The van der Waals surface area contributed by atoms with E-state index in [1.165, 1.54) is 7.11 Å². The predicted molar refractivity (Wildman–Crippen MR) is 48.2 cm³/mol. The second-order valence-electron chi connectivity index (χ2n) is 2.53. The highest BCUT2D eigenvalue weighted by Gasteiger charge is 2.02. The summed E-state index contributed by atoms with van der Waals surface area (Å²) in [5, 5.41) is 5.33. The third kappa shape index (κ3) is 7.27. The van der Waals surface area contributed by atoms with Crippen molar-refractivity contribution in [1.82, 2.24) is 10.6 Å². The van der Waals surface area contributed by atoms with Crippen LogP contribution >= 0.6 is 0 Å². The van der Waals surface area contributed by atoms with Crippen molar-refractivity contribution in [2.45, 2.75) is 13.3 Å². The SMILES string of the molecule is CCCNC(=O)CNCC(=O)OC. The molecule has 0 fully saturated rings. The molecule has 0 aromatic heterocycles. The number of amides is 1. The number of rotatable bonds is 6. The van der Waals surface area contributed by atoms with Crippen molar-refractivity contribution < 1.29 is 14.3 Å². The summed E-state index contributed by atoms with van der Waals surface area (Å²) in [6.07, 6.45) is 0.905. The molecule has 0 aromatic rings. The zero-order chi connectivity index (χ0) is 10.1. The molecule has 0 unspecified atom stereocenters. The summed E-state index contributed by atoms with van der Waals surface area (Å²) in [6, 6.07) is 0. The molecule has 2 N–H and O–H groups in total. The zero-order valence-electron chi connectivity index (χ0n) is 8.05. The Labute approximate surface area is 77.8 Å². The first-order valence-corrected chi connectivity index (χ1v) is 4.25. The lowest BCUT2D eigenvalue weighted by molar-refractivity contribution is -0.139. The van der Waals surface area contributed by atoms with E-state index >= 15 is 0 Å². The fraction of sp³-hybridized carbons (Fsp3) is 0.750. The Morgan fingerprint density at radius 3 is 2.54 bits per heavy atom. The average Bonchev–Trinajstić information content (AvgIpc) is 2.14. The average molecular weight is 188 g/mol. The van der Waals surface area contributed by atoms with Gasteiger partial charge >= 0.3 is 5.97 Å². The van der Waals surface area contributed by atoms with Crippen LogP contribution in [0.25, 0.3) is 0 Å². The van der Waals surface area contributed by atoms with Gasteiger partial charge in [-0.1, -0.05) is 6.92 Å². The fourth-order valence-electron chi connectivity index (χ4n) is 0.677. The lowest BCUT2D eigenvalue weighted by Gasteiger charge is -2.04. The molecule has 0 aromatic carbocycles. The summed E-state index contributed by atoms with van der Waals surface area (Å²) in [5.41, 5.74) is 0. The second-order valence-corrected chi connectivity index (χ2v) is 2.53. The highest BCUT2D eigenvalue weighted by atomic mass is 16.5. The van der Waals surface area contributed by atoms with E-state index in [9.17, 15) is 9.59 Å². The van der Waals surface area contributed by atoms with E-state index in [-0.39, 0.29) is 25.0 Å². The van der Waals surface area contributed by atoms with Crippen LogP contribution in [0.5, 0.6) is 0 Å². The smallest absolute Gasteiger partial charge is 0.319 e. The molecule has 76 valence electrons. The second kappa shape index (κ2) is 7.54. The molecule has 5 heteroatoms. The quantitative estimate of drug-likeness (QED) is 0.540. The van der Waals surface area contributed by atoms with Crippen LogP contribution in [0.2, 0.25) is 0 Å². The Morgan fingerprint density at radius 1 is 1.31 bits per heavy atom. The normalized spacial score (nSPS) is 9.38. The topological polar surface area (TPSA) is 67.4 Å². The van der Waals surface area contributed by atoms with Crippen LogP contribution in [-0.2, 0) is 14.3 Å². The molecule has 0 atom stereocenters. The van der Waals surface area contributed by atoms with Gasteiger partial charge in [0, 0.05) is 6.54 Å². The molecule has 5 nitrogen and oxygen atoms in total. The first kappa shape index (κ1) is 11.9. The Bertz CT molecular complexity index is 171. The number of esters is 1. The van der Waals surface area contributed by atoms with Gasteiger partial charge in [-0.3, -0.25) is 14.9 Å². The van der Waals surface area contributed by atoms with E-state index in [1.807, 2.05) is 6.92 Å². The molecule has 0 bridgehead atoms. The van der Waals surface area contributed by atoms with Crippen molar-refractivity contribution in [2.24, 2.45) is 0 Å². The van der Waals surface area contributed by atoms with Gasteiger partial charge in [-0.2, -0.15) is 0 Å². The zero-order valence-corrected chi connectivity index (χ0v) is 8.05. The van der Waals surface area contributed by atoms with Gasteiger partial charge in [0.15, 0.2) is 0 Å². The molecule has 0 heterocycles. The summed E-state index contributed by atoms with van der Waals surface area (Å²) in [7, 11) is 1.31. The molecule has 0 radical (unpaired) electrons.